The van der Waals surface area contributed by atoms with Crippen LogP contribution in [0.5, 0.6) is 0 Å². The molecule has 0 atom stereocenters. The summed E-state index contributed by atoms with van der Waals surface area (Å²) in [5.74, 6) is -14.2. The molecule has 0 radical (unpaired) electrons. The number of hydrogen-bond acceptors (Lipinski definition) is 0. The van der Waals surface area contributed by atoms with Gasteiger partial charge in [0, 0.05) is 0 Å². The molecule has 0 fully saturated rings. The Labute approximate surface area is 136 Å². The zero-order chi connectivity index (χ0) is 20.4. The van der Waals surface area contributed by atoms with Crippen LogP contribution in [-0.2, 0) is 12.4 Å². The fourth-order valence-electron chi connectivity index (χ4n) is 1.56. The first kappa shape index (κ1) is 21.6. The first-order chi connectivity index (χ1) is 11.7. The Morgan fingerprint density at radius 1 is 0.423 bits per heavy atom. The van der Waals surface area contributed by atoms with Gasteiger partial charge in [-0.25, -0.2) is 26.3 Å². The van der Waals surface area contributed by atoms with Gasteiger partial charge in [0.1, 0.15) is 0 Å². The second-order valence-corrected chi connectivity index (χ2v) is 4.42. The van der Waals surface area contributed by atoms with Crippen LogP contribution in [0.3, 0.4) is 0 Å². The van der Waals surface area contributed by atoms with E-state index in [1.807, 2.05) is 0 Å². The van der Waals surface area contributed by atoms with Crippen molar-refractivity contribution in [3.8, 4) is 0 Å². The Morgan fingerprint density at radius 2 is 0.615 bits per heavy atom. The molecule has 0 saturated heterocycles. The maximum absolute atomic E-state index is 12.1. The van der Waals surface area contributed by atoms with Crippen LogP contribution >= 0.6 is 0 Å². The lowest BCUT2D eigenvalue weighted by atomic mass is 10.1. The molecular formula is C14H4F12. The molecule has 0 amide bonds. The normalized spacial score (nSPS) is 11.8. The van der Waals surface area contributed by atoms with Crippen LogP contribution in [0.15, 0.2) is 24.3 Å². The summed E-state index contributed by atoms with van der Waals surface area (Å²) < 4.78 is 145. The minimum Gasteiger partial charge on any atom is -0.200 e. The van der Waals surface area contributed by atoms with Gasteiger partial charge < -0.3 is 0 Å². The van der Waals surface area contributed by atoms with Gasteiger partial charge in [-0.3, -0.25) is 0 Å². The highest BCUT2D eigenvalue weighted by Crippen LogP contribution is 2.39. The van der Waals surface area contributed by atoms with Crippen molar-refractivity contribution in [3.05, 3.63) is 70.3 Å². The SMILES string of the molecule is FC(F)(F)c1ccccc1C(F)(F)F.Fc1c(F)c(F)c(F)c(F)c1F. The van der Waals surface area contributed by atoms with Crippen LogP contribution in [0, 0.1) is 34.9 Å². The molecule has 0 aliphatic heterocycles. The molecule has 0 bridgehead atoms. The molecule has 144 valence electrons. The number of rotatable bonds is 0. The van der Waals surface area contributed by atoms with Gasteiger partial charge in [0.25, 0.3) is 0 Å². The van der Waals surface area contributed by atoms with E-state index in [-0.39, 0.29) is 0 Å². The Kier molecular flexibility index (Phi) is 6.21. The van der Waals surface area contributed by atoms with E-state index in [4.69, 9.17) is 0 Å². The van der Waals surface area contributed by atoms with Gasteiger partial charge in [-0.2, -0.15) is 26.3 Å². The van der Waals surface area contributed by atoms with E-state index in [1.54, 1.807) is 0 Å². The highest BCUT2D eigenvalue weighted by atomic mass is 19.4. The van der Waals surface area contributed by atoms with Gasteiger partial charge >= 0.3 is 12.4 Å². The lowest BCUT2D eigenvalue weighted by Crippen LogP contribution is -2.15. The van der Waals surface area contributed by atoms with Crippen molar-refractivity contribution >= 4 is 0 Å². The number of hydrogen-bond donors (Lipinski definition) is 0. The third-order valence-corrected chi connectivity index (χ3v) is 2.69. The van der Waals surface area contributed by atoms with Crippen molar-refractivity contribution in [3.63, 3.8) is 0 Å². The van der Waals surface area contributed by atoms with Crippen molar-refractivity contribution in [1.82, 2.24) is 0 Å². The van der Waals surface area contributed by atoms with Gasteiger partial charge in [0.05, 0.1) is 11.1 Å². The first-order valence-corrected chi connectivity index (χ1v) is 6.10. The van der Waals surface area contributed by atoms with Crippen molar-refractivity contribution in [1.29, 1.82) is 0 Å². The maximum Gasteiger partial charge on any atom is 0.417 e. The highest BCUT2D eigenvalue weighted by Gasteiger charge is 2.42. The predicted molar refractivity (Wildman–Crippen MR) is 62.6 cm³/mol. The second kappa shape index (κ2) is 7.46. The molecule has 0 spiro atoms. The van der Waals surface area contributed by atoms with Crippen LogP contribution in [0.2, 0.25) is 0 Å². The number of alkyl halides is 6. The number of halogens is 12. The molecule has 0 aliphatic rings. The molecule has 2 aromatic rings. The summed E-state index contributed by atoms with van der Waals surface area (Å²) in [7, 11) is 0. The third kappa shape index (κ3) is 4.61. The van der Waals surface area contributed by atoms with Gasteiger partial charge in [0.15, 0.2) is 0 Å². The summed E-state index contributed by atoms with van der Waals surface area (Å²) in [4.78, 5) is 0. The standard InChI is InChI=1S/C8H4F6.C6F6/c9-7(10,11)5-3-1-2-4-6(5)8(12,13)14;7-1-2(8)4(10)6(12)5(11)3(1)9/h1-4H;. The van der Waals surface area contributed by atoms with E-state index in [0.717, 1.165) is 12.1 Å². The van der Waals surface area contributed by atoms with E-state index < -0.39 is 58.4 Å². The van der Waals surface area contributed by atoms with Crippen molar-refractivity contribution in [2.75, 3.05) is 0 Å². The molecule has 0 aromatic heterocycles. The largest absolute Gasteiger partial charge is 0.417 e. The molecule has 26 heavy (non-hydrogen) atoms. The summed E-state index contributed by atoms with van der Waals surface area (Å²) in [6.07, 6.45) is -9.96. The summed E-state index contributed by atoms with van der Waals surface area (Å²) in [6.45, 7) is 0. The second-order valence-electron chi connectivity index (χ2n) is 4.42. The Bertz CT molecular complexity index is 650. The molecule has 0 nitrogen and oxygen atoms in total. The summed E-state index contributed by atoms with van der Waals surface area (Å²) in [5.41, 5.74) is -3.32. The summed E-state index contributed by atoms with van der Waals surface area (Å²) >= 11 is 0. The molecule has 0 unspecified atom stereocenters. The van der Waals surface area contributed by atoms with E-state index in [9.17, 15) is 52.7 Å². The lowest BCUT2D eigenvalue weighted by Gasteiger charge is -2.14. The molecule has 12 heteroatoms. The quantitative estimate of drug-likeness (QED) is 0.279. The highest BCUT2D eigenvalue weighted by molar-refractivity contribution is 5.31. The fraction of sp³-hybridized carbons (Fsp3) is 0.143. The van der Waals surface area contributed by atoms with Crippen LogP contribution in [0.4, 0.5) is 52.7 Å². The molecule has 2 rings (SSSR count). The fourth-order valence-corrected chi connectivity index (χ4v) is 1.56. The smallest absolute Gasteiger partial charge is 0.200 e. The topological polar surface area (TPSA) is 0 Å². The minimum absolute atomic E-state index is 0.406. The van der Waals surface area contributed by atoms with Crippen molar-refractivity contribution in [2.45, 2.75) is 12.4 Å². The van der Waals surface area contributed by atoms with Crippen LogP contribution in [-0.4, -0.2) is 0 Å². The van der Waals surface area contributed by atoms with E-state index >= 15 is 0 Å². The molecule has 0 aliphatic carbocycles. The van der Waals surface area contributed by atoms with Crippen molar-refractivity contribution in [2.24, 2.45) is 0 Å². The zero-order valence-corrected chi connectivity index (χ0v) is 11.8. The molecule has 0 N–H and O–H groups in total. The maximum atomic E-state index is 12.1. The van der Waals surface area contributed by atoms with E-state index in [0.29, 0.717) is 12.1 Å². The number of benzene rings is 2. The minimum atomic E-state index is -4.98. The van der Waals surface area contributed by atoms with Crippen LogP contribution < -0.4 is 0 Å². The Morgan fingerprint density at radius 3 is 0.769 bits per heavy atom. The lowest BCUT2D eigenvalue weighted by molar-refractivity contribution is -0.162. The molecular weight excluding hydrogens is 396 g/mol. The zero-order valence-electron chi connectivity index (χ0n) is 11.8. The molecule has 0 saturated carbocycles. The average Bonchev–Trinajstić information content (AvgIpc) is 2.55. The Hall–Kier alpha value is -2.40. The molecule has 2 aromatic carbocycles. The third-order valence-electron chi connectivity index (χ3n) is 2.69. The van der Waals surface area contributed by atoms with Gasteiger partial charge in [-0.05, 0) is 12.1 Å². The van der Waals surface area contributed by atoms with Crippen molar-refractivity contribution < 1.29 is 52.7 Å². The monoisotopic (exact) mass is 400 g/mol. The van der Waals surface area contributed by atoms with E-state index in [1.165, 1.54) is 0 Å². The van der Waals surface area contributed by atoms with Crippen LogP contribution in [0.25, 0.3) is 0 Å². The van der Waals surface area contributed by atoms with Crippen LogP contribution in [0.1, 0.15) is 11.1 Å². The van der Waals surface area contributed by atoms with Gasteiger partial charge in [0.2, 0.25) is 34.9 Å². The van der Waals surface area contributed by atoms with Gasteiger partial charge in [-0.1, -0.05) is 12.1 Å². The van der Waals surface area contributed by atoms with Gasteiger partial charge in [-0.15, -0.1) is 0 Å². The summed E-state index contributed by atoms with van der Waals surface area (Å²) in [6, 6.07) is 2.64. The summed E-state index contributed by atoms with van der Waals surface area (Å²) in [5, 5.41) is 0. The average molecular weight is 400 g/mol. The first-order valence-electron chi connectivity index (χ1n) is 6.10. The molecule has 0 heterocycles. The van der Waals surface area contributed by atoms with E-state index in [2.05, 4.69) is 0 Å². The predicted octanol–water partition coefficient (Wildman–Crippen LogP) is 6.25. The Balaban J connectivity index is 0.000000263.